The number of rotatable bonds is 7. The Morgan fingerprint density at radius 3 is 2.44 bits per heavy atom. The van der Waals surface area contributed by atoms with Crippen molar-refractivity contribution in [3.63, 3.8) is 0 Å². The molecule has 8 nitrogen and oxygen atoms in total. The topological polar surface area (TPSA) is 75.0 Å². The van der Waals surface area contributed by atoms with E-state index in [1.165, 1.54) is 5.56 Å². The second-order valence-electron chi connectivity index (χ2n) is 9.62. The second-order valence-corrected chi connectivity index (χ2v) is 10.0. The number of imidazole rings is 1. The third-order valence-electron chi connectivity index (χ3n) is 6.81. The monoisotopic (exact) mass is 504 g/mol. The SMILES string of the molecule is CCN1CCN(Cc2ccc(Nc3cc(-c4cc5c(cc4Cl)nc(C)n5C(C)C)ncn3)nc2)CC1. The zero-order valence-corrected chi connectivity index (χ0v) is 22.1. The Morgan fingerprint density at radius 2 is 1.75 bits per heavy atom. The van der Waals surface area contributed by atoms with Crippen molar-refractivity contribution in [3.8, 4) is 11.3 Å². The molecule has 0 bridgehead atoms. The smallest absolute Gasteiger partial charge is 0.135 e. The van der Waals surface area contributed by atoms with Crippen molar-refractivity contribution in [2.24, 2.45) is 0 Å². The summed E-state index contributed by atoms with van der Waals surface area (Å²) in [5, 5.41) is 3.92. The molecule has 0 spiro atoms. The van der Waals surface area contributed by atoms with Gasteiger partial charge in [-0.3, -0.25) is 4.90 Å². The third-order valence-corrected chi connectivity index (χ3v) is 7.13. The Labute approximate surface area is 217 Å². The molecular formula is C27H33ClN8. The van der Waals surface area contributed by atoms with E-state index in [0.717, 1.165) is 73.2 Å². The molecule has 0 aliphatic carbocycles. The van der Waals surface area contributed by atoms with Crippen molar-refractivity contribution in [3.05, 3.63) is 59.3 Å². The Bertz CT molecular complexity index is 1340. The zero-order chi connectivity index (χ0) is 25.2. The van der Waals surface area contributed by atoms with E-state index in [0.29, 0.717) is 16.9 Å². The van der Waals surface area contributed by atoms with Crippen molar-refractivity contribution in [2.75, 3.05) is 38.0 Å². The van der Waals surface area contributed by atoms with Crippen LogP contribution in [0.4, 0.5) is 11.6 Å². The molecule has 1 aliphatic heterocycles. The lowest BCUT2D eigenvalue weighted by Crippen LogP contribution is -2.45. The number of anilines is 2. The molecule has 1 saturated heterocycles. The molecule has 0 saturated carbocycles. The maximum atomic E-state index is 6.66. The van der Waals surface area contributed by atoms with E-state index >= 15 is 0 Å². The number of hydrogen-bond donors (Lipinski definition) is 1. The maximum Gasteiger partial charge on any atom is 0.135 e. The molecule has 0 radical (unpaired) electrons. The van der Waals surface area contributed by atoms with E-state index in [-0.39, 0.29) is 0 Å². The van der Waals surface area contributed by atoms with Crippen LogP contribution in [-0.2, 0) is 6.54 Å². The van der Waals surface area contributed by atoms with Crippen molar-refractivity contribution >= 4 is 34.3 Å². The fourth-order valence-electron chi connectivity index (χ4n) is 4.90. The number of halogens is 1. The van der Waals surface area contributed by atoms with Crippen LogP contribution in [0.5, 0.6) is 0 Å². The van der Waals surface area contributed by atoms with E-state index < -0.39 is 0 Å². The lowest BCUT2D eigenvalue weighted by atomic mass is 10.1. The molecule has 4 aromatic rings. The third kappa shape index (κ3) is 5.21. The van der Waals surface area contributed by atoms with Gasteiger partial charge in [0.25, 0.3) is 0 Å². The number of pyridine rings is 1. The first-order valence-electron chi connectivity index (χ1n) is 12.6. The van der Waals surface area contributed by atoms with Crippen LogP contribution in [0.15, 0.2) is 42.9 Å². The van der Waals surface area contributed by atoms with Crippen LogP contribution in [0.1, 0.15) is 38.2 Å². The van der Waals surface area contributed by atoms with Crippen LogP contribution in [0.3, 0.4) is 0 Å². The van der Waals surface area contributed by atoms with Gasteiger partial charge in [0.2, 0.25) is 0 Å². The van der Waals surface area contributed by atoms with Crippen molar-refractivity contribution in [1.82, 2.24) is 34.3 Å². The predicted molar refractivity (Wildman–Crippen MR) is 146 cm³/mol. The van der Waals surface area contributed by atoms with Gasteiger partial charge in [0.15, 0.2) is 0 Å². The summed E-state index contributed by atoms with van der Waals surface area (Å²) in [4.78, 5) is 23.2. The number of piperazine rings is 1. The molecule has 1 aliphatic rings. The van der Waals surface area contributed by atoms with Gasteiger partial charge in [-0.1, -0.05) is 24.6 Å². The maximum absolute atomic E-state index is 6.66. The number of fused-ring (bicyclic) bond motifs is 1. The van der Waals surface area contributed by atoms with Gasteiger partial charge < -0.3 is 14.8 Å². The van der Waals surface area contributed by atoms with Gasteiger partial charge in [-0.15, -0.1) is 0 Å². The summed E-state index contributed by atoms with van der Waals surface area (Å²) < 4.78 is 2.21. The molecule has 0 unspecified atom stereocenters. The molecule has 1 N–H and O–H groups in total. The van der Waals surface area contributed by atoms with Crippen LogP contribution in [0.2, 0.25) is 5.02 Å². The normalized spacial score (nSPS) is 15.2. The van der Waals surface area contributed by atoms with Gasteiger partial charge >= 0.3 is 0 Å². The van der Waals surface area contributed by atoms with E-state index in [2.05, 4.69) is 72.5 Å². The molecule has 0 amide bonds. The van der Waals surface area contributed by atoms with Crippen LogP contribution in [0, 0.1) is 6.92 Å². The highest BCUT2D eigenvalue weighted by molar-refractivity contribution is 6.34. The lowest BCUT2D eigenvalue weighted by molar-refractivity contribution is 0.132. The Hall–Kier alpha value is -3.07. The number of benzene rings is 1. The highest BCUT2D eigenvalue weighted by Gasteiger charge is 2.17. The van der Waals surface area contributed by atoms with Gasteiger partial charge in [-0.05, 0) is 51.1 Å². The van der Waals surface area contributed by atoms with Gasteiger partial charge in [0, 0.05) is 56.6 Å². The Morgan fingerprint density at radius 1 is 0.972 bits per heavy atom. The number of likely N-dealkylation sites (N-methyl/N-ethyl adjacent to an activating group) is 1. The van der Waals surface area contributed by atoms with Crippen molar-refractivity contribution in [2.45, 2.75) is 40.3 Å². The number of aromatic nitrogens is 5. The minimum atomic E-state index is 0.293. The van der Waals surface area contributed by atoms with E-state index in [1.807, 2.05) is 31.3 Å². The molecule has 3 aromatic heterocycles. The quantitative estimate of drug-likeness (QED) is 0.365. The standard InChI is InChI=1S/C27H33ClN8/c1-5-34-8-10-35(11-9-34)16-20-6-7-26(29-15-20)33-27-14-23(30-17-31-27)21-12-25-24(13-22(21)28)32-19(4)36(25)18(2)3/h6-7,12-15,17-18H,5,8-11,16H2,1-4H3,(H,29,30,31,33). The number of nitrogens with zero attached hydrogens (tertiary/aromatic N) is 7. The fraction of sp³-hybridized carbons (Fsp3) is 0.407. The summed E-state index contributed by atoms with van der Waals surface area (Å²) in [5.74, 6) is 2.38. The van der Waals surface area contributed by atoms with Crippen LogP contribution < -0.4 is 5.32 Å². The number of hydrogen-bond acceptors (Lipinski definition) is 7. The molecule has 9 heteroatoms. The molecule has 36 heavy (non-hydrogen) atoms. The van der Waals surface area contributed by atoms with E-state index in [9.17, 15) is 0 Å². The minimum absolute atomic E-state index is 0.293. The Kier molecular flexibility index (Phi) is 7.18. The summed E-state index contributed by atoms with van der Waals surface area (Å²) in [6, 6.07) is 10.3. The fourth-order valence-corrected chi connectivity index (χ4v) is 5.16. The zero-order valence-electron chi connectivity index (χ0n) is 21.4. The van der Waals surface area contributed by atoms with Gasteiger partial charge in [0.05, 0.1) is 21.7 Å². The first-order valence-corrected chi connectivity index (χ1v) is 13.0. The van der Waals surface area contributed by atoms with Gasteiger partial charge in [-0.25, -0.2) is 19.9 Å². The predicted octanol–water partition coefficient (Wildman–Crippen LogP) is 5.31. The number of nitrogens with one attached hydrogen (secondary N) is 1. The summed E-state index contributed by atoms with van der Waals surface area (Å²) >= 11 is 6.66. The lowest BCUT2D eigenvalue weighted by Gasteiger charge is -2.33. The van der Waals surface area contributed by atoms with Gasteiger partial charge in [0.1, 0.15) is 23.8 Å². The highest BCUT2D eigenvalue weighted by Crippen LogP contribution is 2.33. The summed E-state index contributed by atoms with van der Waals surface area (Å²) in [5.41, 5.74) is 4.74. The van der Waals surface area contributed by atoms with Crippen LogP contribution in [-0.4, -0.2) is 67.0 Å². The first kappa shape index (κ1) is 24.6. The van der Waals surface area contributed by atoms with Crippen LogP contribution in [0.25, 0.3) is 22.3 Å². The highest BCUT2D eigenvalue weighted by atomic mass is 35.5. The van der Waals surface area contributed by atoms with E-state index in [4.69, 9.17) is 11.6 Å². The van der Waals surface area contributed by atoms with Crippen molar-refractivity contribution < 1.29 is 0 Å². The average molecular weight is 505 g/mol. The summed E-state index contributed by atoms with van der Waals surface area (Å²) in [7, 11) is 0. The molecule has 1 fully saturated rings. The van der Waals surface area contributed by atoms with Crippen molar-refractivity contribution in [1.29, 1.82) is 0 Å². The second kappa shape index (κ2) is 10.5. The molecule has 188 valence electrons. The molecule has 4 heterocycles. The Balaban J connectivity index is 1.32. The summed E-state index contributed by atoms with van der Waals surface area (Å²) in [6.07, 6.45) is 3.49. The number of aryl methyl sites for hydroxylation is 1. The molecule has 5 rings (SSSR count). The molecule has 1 aromatic carbocycles. The molecule has 0 atom stereocenters. The minimum Gasteiger partial charge on any atom is -0.326 e. The first-order chi connectivity index (χ1) is 17.4. The average Bonchev–Trinajstić information content (AvgIpc) is 3.20. The largest absolute Gasteiger partial charge is 0.326 e. The summed E-state index contributed by atoms with van der Waals surface area (Å²) in [6.45, 7) is 15.1. The van der Waals surface area contributed by atoms with E-state index in [1.54, 1.807) is 6.33 Å². The molecular weight excluding hydrogens is 472 g/mol. The van der Waals surface area contributed by atoms with Crippen LogP contribution >= 0.6 is 11.6 Å². The van der Waals surface area contributed by atoms with Gasteiger partial charge in [-0.2, -0.15) is 0 Å².